The molecule has 0 radical (unpaired) electrons. The quantitative estimate of drug-likeness (QED) is 0.749. The first-order valence-electron chi connectivity index (χ1n) is 7.05. The molecule has 2 rings (SSSR count). The third-order valence-electron chi connectivity index (χ3n) is 3.87. The van der Waals surface area contributed by atoms with Gasteiger partial charge in [0.05, 0.1) is 12.5 Å². The molecule has 4 heteroatoms. The van der Waals surface area contributed by atoms with E-state index in [0.717, 1.165) is 24.9 Å². The van der Waals surface area contributed by atoms with Crippen molar-refractivity contribution in [2.75, 3.05) is 13.6 Å². The van der Waals surface area contributed by atoms with Gasteiger partial charge < -0.3 is 0 Å². The maximum absolute atomic E-state index is 12.8. The van der Waals surface area contributed by atoms with Gasteiger partial charge in [0, 0.05) is 6.42 Å². The molecule has 0 bridgehead atoms. The van der Waals surface area contributed by atoms with Crippen molar-refractivity contribution >= 4 is 11.6 Å². The molecular formula is C16H20FNO2. The Hall–Kier alpha value is -1.55. The number of ketones is 2. The van der Waals surface area contributed by atoms with Crippen LogP contribution in [0.15, 0.2) is 24.3 Å². The molecule has 0 N–H and O–H groups in total. The lowest BCUT2D eigenvalue weighted by Gasteiger charge is -2.17. The highest BCUT2D eigenvalue weighted by molar-refractivity contribution is 6.01. The number of hydrogen-bond acceptors (Lipinski definition) is 3. The maximum atomic E-state index is 12.8. The number of carbonyl (C=O) groups excluding carboxylic acids is 2. The highest BCUT2D eigenvalue weighted by atomic mass is 19.1. The lowest BCUT2D eigenvalue weighted by atomic mass is 10.0. The molecule has 0 unspecified atom stereocenters. The van der Waals surface area contributed by atoms with Crippen molar-refractivity contribution in [1.29, 1.82) is 0 Å². The summed E-state index contributed by atoms with van der Waals surface area (Å²) in [7, 11) is 1.93. The molecule has 20 heavy (non-hydrogen) atoms. The van der Waals surface area contributed by atoms with E-state index in [1.807, 2.05) is 11.9 Å². The number of carbonyl (C=O) groups is 2. The molecule has 1 aromatic rings. The van der Waals surface area contributed by atoms with E-state index < -0.39 is 0 Å². The first-order chi connectivity index (χ1) is 9.56. The monoisotopic (exact) mass is 277 g/mol. The minimum Gasteiger partial charge on any atom is -0.299 e. The molecule has 1 fully saturated rings. The van der Waals surface area contributed by atoms with Gasteiger partial charge in [-0.2, -0.15) is 0 Å². The third kappa shape index (κ3) is 3.97. The van der Waals surface area contributed by atoms with Crippen LogP contribution in [0.5, 0.6) is 0 Å². The van der Waals surface area contributed by atoms with Crippen LogP contribution in [0.4, 0.5) is 4.39 Å². The average molecular weight is 277 g/mol. The fourth-order valence-corrected chi connectivity index (χ4v) is 2.65. The molecule has 1 aliphatic heterocycles. The predicted molar refractivity (Wildman–Crippen MR) is 75.0 cm³/mol. The highest BCUT2D eigenvalue weighted by Gasteiger charge is 2.28. The molecule has 0 saturated carbocycles. The van der Waals surface area contributed by atoms with Crippen molar-refractivity contribution < 1.29 is 14.0 Å². The molecule has 0 aliphatic carbocycles. The summed E-state index contributed by atoms with van der Waals surface area (Å²) in [6.45, 7) is 0.931. The van der Waals surface area contributed by atoms with E-state index in [1.165, 1.54) is 12.1 Å². The fourth-order valence-electron chi connectivity index (χ4n) is 2.65. The van der Waals surface area contributed by atoms with Crippen LogP contribution in [-0.4, -0.2) is 36.1 Å². The summed E-state index contributed by atoms with van der Waals surface area (Å²) >= 11 is 0. The van der Waals surface area contributed by atoms with Gasteiger partial charge in [-0.3, -0.25) is 14.5 Å². The van der Waals surface area contributed by atoms with E-state index in [0.29, 0.717) is 12.8 Å². The van der Waals surface area contributed by atoms with Gasteiger partial charge >= 0.3 is 0 Å². The Bertz CT molecular complexity index is 484. The van der Waals surface area contributed by atoms with Crippen LogP contribution >= 0.6 is 0 Å². The molecular weight excluding hydrogens is 257 g/mol. The summed E-state index contributed by atoms with van der Waals surface area (Å²) in [6, 6.07) is 6.05. The van der Waals surface area contributed by atoms with E-state index in [1.54, 1.807) is 12.1 Å². The van der Waals surface area contributed by atoms with Crippen molar-refractivity contribution in [2.24, 2.45) is 0 Å². The number of nitrogens with zero attached hydrogens (tertiary/aromatic N) is 1. The van der Waals surface area contributed by atoms with Crippen LogP contribution < -0.4 is 0 Å². The molecule has 108 valence electrons. The zero-order valence-electron chi connectivity index (χ0n) is 11.8. The first-order valence-corrected chi connectivity index (χ1v) is 7.05. The van der Waals surface area contributed by atoms with Crippen LogP contribution in [0, 0.1) is 5.82 Å². The van der Waals surface area contributed by atoms with E-state index in [4.69, 9.17) is 0 Å². The molecule has 1 atom stereocenters. The number of benzene rings is 1. The topological polar surface area (TPSA) is 37.4 Å². The van der Waals surface area contributed by atoms with Crippen molar-refractivity contribution in [3.8, 4) is 0 Å². The van der Waals surface area contributed by atoms with Crippen LogP contribution in [0.25, 0.3) is 0 Å². The Morgan fingerprint density at radius 3 is 2.60 bits per heavy atom. The SMILES string of the molecule is CN1CCC[C@H]1C(=O)CC(=O)CCc1ccc(F)cc1. The number of likely N-dealkylation sites (N-methyl/N-ethyl adjacent to an activating group) is 1. The number of Topliss-reactive ketones (excluding diaryl/α,β-unsaturated/α-hetero) is 2. The Morgan fingerprint density at radius 1 is 1.30 bits per heavy atom. The number of aryl methyl sites for hydroxylation is 1. The zero-order chi connectivity index (χ0) is 14.5. The second-order valence-electron chi connectivity index (χ2n) is 5.45. The van der Waals surface area contributed by atoms with Gasteiger partial charge in [0.15, 0.2) is 5.78 Å². The van der Waals surface area contributed by atoms with Gasteiger partial charge in [0.25, 0.3) is 0 Å². The van der Waals surface area contributed by atoms with Gasteiger partial charge in [-0.25, -0.2) is 4.39 Å². The summed E-state index contributed by atoms with van der Waals surface area (Å²) in [5, 5.41) is 0. The van der Waals surface area contributed by atoms with Gasteiger partial charge in [-0.1, -0.05) is 12.1 Å². The average Bonchev–Trinajstić information content (AvgIpc) is 2.84. The van der Waals surface area contributed by atoms with Gasteiger partial charge in [0.1, 0.15) is 11.6 Å². The molecule has 0 spiro atoms. The van der Waals surface area contributed by atoms with Gasteiger partial charge in [0.2, 0.25) is 0 Å². The zero-order valence-corrected chi connectivity index (χ0v) is 11.8. The largest absolute Gasteiger partial charge is 0.299 e. The molecule has 1 aliphatic rings. The predicted octanol–water partition coefficient (Wildman–Crippen LogP) is 2.38. The summed E-state index contributed by atoms with van der Waals surface area (Å²) in [5.41, 5.74) is 0.921. The van der Waals surface area contributed by atoms with E-state index in [-0.39, 0.29) is 29.8 Å². The Labute approximate surface area is 118 Å². The lowest BCUT2D eigenvalue weighted by molar-refractivity contribution is -0.129. The van der Waals surface area contributed by atoms with E-state index in [2.05, 4.69) is 0 Å². The van der Waals surface area contributed by atoms with Gasteiger partial charge in [-0.15, -0.1) is 0 Å². The number of rotatable bonds is 6. The Kier molecular flexibility index (Phi) is 5.01. The highest BCUT2D eigenvalue weighted by Crippen LogP contribution is 2.17. The van der Waals surface area contributed by atoms with Crippen LogP contribution in [-0.2, 0) is 16.0 Å². The fraction of sp³-hybridized carbons (Fsp3) is 0.500. The minimum atomic E-state index is -0.278. The normalized spacial score (nSPS) is 19.2. The Balaban J connectivity index is 1.77. The molecule has 3 nitrogen and oxygen atoms in total. The van der Waals surface area contributed by atoms with Crippen molar-refractivity contribution in [3.63, 3.8) is 0 Å². The summed E-state index contributed by atoms with van der Waals surface area (Å²) < 4.78 is 12.8. The lowest BCUT2D eigenvalue weighted by Crippen LogP contribution is -2.34. The second-order valence-corrected chi connectivity index (χ2v) is 5.45. The minimum absolute atomic E-state index is 0.0240. The maximum Gasteiger partial charge on any atom is 0.157 e. The molecule has 1 saturated heterocycles. The van der Waals surface area contributed by atoms with Crippen molar-refractivity contribution in [2.45, 2.75) is 38.1 Å². The smallest absolute Gasteiger partial charge is 0.157 e. The molecule has 1 aromatic carbocycles. The standard InChI is InChI=1S/C16H20FNO2/c1-18-10-2-3-15(18)16(20)11-14(19)9-6-12-4-7-13(17)8-5-12/h4-5,7-8,15H,2-3,6,9-11H2,1H3/t15-/m0/s1. The number of halogens is 1. The summed E-state index contributed by atoms with van der Waals surface area (Å²) in [6.07, 6.45) is 2.81. The third-order valence-corrected chi connectivity index (χ3v) is 3.87. The van der Waals surface area contributed by atoms with Crippen LogP contribution in [0.1, 0.15) is 31.2 Å². The van der Waals surface area contributed by atoms with Crippen LogP contribution in [0.3, 0.4) is 0 Å². The Morgan fingerprint density at radius 2 is 2.00 bits per heavy atom. The van der Waals surface area contributed by atoms with Crippen LogP contribution in [0.2, 0.25) is 0 Å². The van der Waals surface area contributed by atoms with Crippen molar-refractivity contribution in [3.05, 3.63) is 35.6 Å². The summed E-state index contributed by atoms with van der Waals surface area (Å²) in [4.78, 5) is 25.9. The number of likely N-dealkylation sites (tertiary alicyclic amines) is 1. The molecule has 0 amide bonds. The van der Waals surface area contributed by atoms with E-state index >= 15 is 0 Å². The van der Waals surface area contributed by atoms with Crippen molar-refractivity contribution in [1.82, 2.24) is 4.90 Å². The molecule has 0 aromatic heterocycles. The number of hydrogen-bond donors (Lipinski definition) is 0. The van der Waals surface area contributed by atoms with Gasteiger partial charge in [-0.05, 0) is 50.6 Å². The molecule has 1 heterocycles. The summed E-state index contributed by atoms with van der Waals surface area (Å²) in [5.74, 6) is -0.270. The first kappa shape index (κ1) is 14.9. The van der Waals surface area contributed by atoms with E-state index in [9.17, 15) is 14.0 Å². The second kappa shape index (κ2) is 6.75.